The number of nitrogens with zero attached hydrogens (tertiary/aromatic N) is 4. The fourth-order valence-corrected chi connectivity index (χ4v) is 9.99. The van der Waals surface area contributed by atoms with Crippen LogP contribution in [0.3, 0.4) is 0 Å². The number of furan rings is 1. The van der Waals surface area contributed by atoms with Gasteiger partial charge in [0.1, 0.15) is 23.2 Å². The quantitative estimate of drug-likeness (QED) is 0.174. The van der Waals surface area contributed by atoms with Crippen LogP contribution in [0.4, 0.5) is 0 Å². The molecule has 0 aliphatic carbocycles. The second-order valence-corrected chi connectivity index (χ2v) is 16.6. The van der Waals surface area contributed by atoms with E-state index in [0.717, 1.165) is 72.1 Å². The van der Waals surface area contributed by atoms with Crippen LogP contribution >= 0.6 is 0 Å². The number of fused-ring (bicyclic) bond motifs is 11. The third kappa shape index (κ3) is 5.56. The average Bonchev–Trinajstić information content (AvgIpc) is 3.89. The molecule has 1 aliphatic rings. The zero-order valence-corrected chi connectivity index (χ0v) is 34.4. The summed E-state index contributed by atoms with van der Waals surface area (Å²) in [6, 6.07) is 73.7. The van der Waals surface area contributed by atoms with Crippen LogP contribution in [0.15, 0.2) is 221 Å². The Morgan fingerprint density at radius 1 is 0.460 bits per heavy atom. The predicted molar refractivity (Wildman–Crippen MR) is 262 cm³/mol. The van der Waals surface area contributed by atoms with Crippen molar-refractivity contribution in [1.29, 1.82) is 0 Å². The Balaban J connectivity index is 0.995. The maximum Gasteiger partial charge on any atom is 0.159 e. The highest BCUT2D eigenvalue weighted by atomic mass is 16.3. The Morgan fingerprint density at radius 2 is 1.14 bits per heavy atom. The van der Waals surface area contributed by atoms with E-state index in [4.69, 9.17) is 14.4 Å². The molecule has 13 rings (SSSR count). The molecule has 0 saturated carbocycles. The highest BCUT2D eigenvalue weighted by Gasteiger charge is 2.28. The summed E-state index contributed by atoms with van der Waals surface area (Å²) in [4.78, 5) is 12.9. The predicted octanol–water partition coefficient (Wildman–Crippen LogP) is 14.6. The molecule has 0 saturated heterocycles. The monoisotopic (exact) mass is 806 g/mol. The van der Waals surface area contributed by atoms with Gasteiger partial charge in [-0.1, -0.05) is 158 Å². The molecule has 1 aliphatic heterocycles. The molecular weight excluding hydrogens is 769 g/mol. The molecule has 3 heterocycles. The second-order valence-electron chi connectivity index (χ2n) is 16.6. The smallest absolute Gasteiger partial charge is 0.159 e. The molecular formula is C58H38N4O. The summed E-state index contributed by atoms with van der Waals surface area (Å²) in [6.45, 7) is 0. The number of benzene rings is 10. The molecule has 1 atom stereocenters. The van der Waals surface area contributed by atoms with Crippen molar-refractivity contribution in [3.05, 3.63) is 223 Å². The number of hydrogen-bond donors (Lipinski definition) is 0. The molecule has 0 spiro atoms. The van der Waals surface area contributed by atoms with Crippen molar-refractivity contribution in [3.8, 4) is 16.8 Å². The minimum atomic E-state index is -0.274. The summed E-state index contributed by atoms with van der Waals surface area (Å²) < 4.78 is 9.04. The second kappa shape index (κ2) is 13.9. The molecule has 0 fully saturated rings. The number of rotatable bonds is 5. The van der Waals surface area contributed by atoms with Gasteiger partial charge in [0.25, 0.3) is 0 Å². The maximum absolute atomic E-state index is 6.58. The first kappa shape index (κ1) is 35.5. The van der Waals surface area contributed by atoms with E-state index in [0.29, 0.717) is 5.84 Å². The average molecular weight is 807 g/mol. The Bertz CT molecular complexity index is 3880. The highest BCUT2D eigenvalue weighted by Crippen LogP contribution is 2.41. The summed E-state index contributed by atoms with van der Waals surface area (Å²) in [5.74, 6) is 1.55. The molecule has 12 aromatic rings. The molecule has 10 aromatic carbocycles. The van der Waals surface area contributed by atoms with Gasteiger partial charge in [-0.2, -0.15) is 0 Å². The van der Waals surface area contributed by atoms with Crippen molar-refractivity contribution in [3.63, 3.8) is 0 Å². The van der Waals surface area contributed by atoms with Gasteiger partial charge >= 0.3 is 0 Å². The SMILES string of the molecule is CN1C(c2ccccc2-c2ccccc2)=NC(c2ccc3oc4ccc5cc(-n6c7cc8ccccc8cc7c7ccc8ccccc8c76)ccc5c4c3c2)=NC1c1ccccc1. The number of aromatic nitrogens is 1. The summed E-state index contributed by atoms with van der Waals surface area (Å²) in [6.07, 6.45) is -0.274. The molecule has 0 N–H and O–H groups in total. The first-order chi connectivity index (χ1) is 31.1. The molecule has 0 bridgehead atoms. The van der Waals surface area contributed by atoms with E-state index in [2.05, 4.69) is 223 Å². The third-order valence-corrected chi connectivity index (χ3v) is 13.0. The lowest BCUT2D eigenvalue weighted by atomic mass is 9.97. The summed E-state index contributed by atoms with van der Waals surface area (Å²) in [7, 11) is 2.09. The van der Waals surface area contributed by atoms with Gasteiger partial charge in [-0.15, -0.1) is 0 Å². The Morgan fingerprint density at radius 3 is 1.98 bits per heavy atom. The van der Waals surface area contributed by atoms with Gasteiger partial charge in [-0.05, 0) is 92.2 Å². The topological polar surface area (TPSA) is 46.0 Å². The largest absolute Gasteiger partial charge is 0.456 e. The first-order valence-corrected chi connectivity index (χ1v) is 21.5. The number of amidine groups is 2. The van der Waals surface area contributed by atoms with E-state index in [1.807, 2.05) is 0 Å². The summed E-state index contributed by atoms with van der Waals surface area (Å²) in [5, 5.41) is 11.8. The molecule has 296 valence electrons. The minimum absolute atomic E-state index is 0.274. The Hall–Kier alpha value is -8.28. The van der Waals surface area contributed by atoms with Crippen LogP contribution in [0.1, 0.15) is 22.9 Å². The lowest BCUT2D eigenvalue weighted by Crippen LogP contribution is -2.36. The molecule has 5 nitrogen and oxygen atoms in total. The van der Waals surface area contributed by atoms with E-state index in [1.165, 1.54) is 43.4 Å². The van der Waals surface area contributed by atoms with Gasteiger partial charge in [0, 0.05) is 50.8 Å². The lowest BCUT2D eigenvalue weighted by Gasteiger charge is -2.33. The van der Waals surface area contributed by atoms with Gasteiger partial charge in [0.15, 0.2) is 5.84 Å². The fraction of sp³-hybridized carbons (Fsp3) is 0.0345. The summed E-state index contributed by atoms with van der Waals surface area (Å²) >= 11 is 0. The summed E-state index contributed by atoms with van der Waals surface area (Å²) in [5.41, 5.74) is 10.6. The first-order valence-electron chi connectivity index (χ1n) is 21.5. The zero-order chi connectivity index (χ0) is 41.6. The van der Waals surface area contributed by atoms with E-state index >= 15 is 0 Å². The van der Waals surface area contributed by atoms with Crippen LogP contribution in [0, 0.1) is 0 Å². The van der Waals surface area contributed by atoms with E-state index in [-0.39, 0.29) is 6.17 Å². The van der Waals surface area contributed by atoms with E-state index in [9.17, 15) is 0 Å². The minimum Gasteiger partial charge on any atom is -0.456 e. The normalized spacial score (nSPS) is 14.4. The van der Waals surface area contributed by atoms with Crippen LogP contribution in [-0.4, -0.2) is 28.2 Å². The fourth-order valence-electron chi connectivity index (χ4n) is 9.99. The Labute approximate surface area is 363 Å². The van der Waals surface area contributed by atoms with Crippen LogP contribution in [0.2, 0.25) is 0 Å². The van der Waals surface area contributed by atoms with Crippen molar-refractivity contribution >= 4 is 87.7 Å². The van der Waals surface area contributed by atoms with Crippen molar-refractivity contribution in [2.45, 2.75) is 6.17 Å². The molecule has 2 aromatic heterocycles. The molecule has 5 heteroatoms. The maximum atomic E-state index is 6.58. The number of aliphatic imine (C=N–C) groups is 2. The Kier molecular flexibility index (Phi) is 7.81. The highest BCUT2D eigenvalue weighted by molar-refractivity contribution is 6.23. The zero-order valence-electron chi connectivity index (χ0n) is 34.4. The van der Waals surface area contributed by atoms with Gasteiger partial charge in [0.05, 0.1) is 11.0 Å². The van der Waals surface area contributed by atoms with Crippen molar-refractivity contribution in [1.82, 2.24) is 9.47 Å². The van der Waals surface area contributed by atoms with Crippen LogP contribution in [-0.2, 0) is 0 Å². The third-order valence-electron chi connectivity index (χ3n) is 13.0. The van der Waals surface area contributed by atoms with Crippen molar-refractivity contribution in [2.24, 2.45) is 9.98 Å². The standard InChI is InChI=1S/C58H38N4O/c1-61-57(38-17-6-3-7-18-38)59-56(60-58(61)48-23-13-12-21-44(48)36-14-4-2-5-15-36)42-26-30-52-50(34-42)54-45-29-27-43(32-41(45)25-31-53(54)63-52)62-51-35-40-20-9-8-19-39(40)33-49(51)47-28-24-37-16-10-11-22-46(37)55(47)62/h2-35,57H,1H3. The van der Waals surface area contributed by atoms with Crippen molar-refractivity contribution < 1.29 is 4.42 Å². The van der Waals surface area contributed by atoms with Gasteiger partial charge in [-0.25, -0.2) is 9.98 Å². The van der Waals surface area contributed by atoms with E-state index < -0.39 is 0 Å². The molecule has 0 radical (unpaired) electrons. The molecule has 63 heavy (non-hydrogen) atoms. The van der Waals surface area contributed by atoms with Crippen LogP contribution in [0.5, 0.6) is 0 Å². The lowest BCUT2D eigenvalue weighted by molar-refractivity contribution is 0.383. The molecule has 1 unspecified atom stereocenters. The van der Waals surface area contributed by atoms with Gasteiger partial charge < -0.3 is 13.9 Å². The van der Waals surface area contributed by atoms with Gasteiger partial charge in [-0.3, -0.25) is 0 Å². The van der Waals surface area contributed by atoms with E-state index in [1.54, 1.807) is 0 Å². The van der Waals surface area contributed by atoms with Crippen LogP contribution in [0.25, 0.3) is 92.9 Å². The van der Waals surface area contributed by atoms with Gasteiger partial charge in [0.2, 0.25) is 0 Å². The van der Waals surface area contributed by atoms with Crippen molar-refractivity contribution in [2.75, 3.05) is 7.05 Å². The molecule has 0 amide bonds. The number of hydrogen-bond acceptors (Lipinski definition) is 4. The van der Waals surface area contributed by atoms with Crippen LogP contribution < -0.4 is 0 Å².